The van der Waals surface area contributed by atoms with Crippen LogP contribution in [-0.4, -0.2) is 21.3 Å². The third-order valence-corrected chi connectivity index (χ3v) is 2.60. The summed E-state index contributed by atoms with van der Waals surface area (Å²) >= 11 is 0. The van der Waals surface area contributed by atoms with Crippen molar-refractivity contribution in [2.75, 3.05) is 17.6 Å². The molecule has 0 atom stereocenters. The van der Waals surface area contributed by atoms with Gasteiger partial charge < -0.3 is 11.1 Å². The molecule has 0 aliphatic carbocycles. The average molecular weight is 285 g/mol. The normalized spacial score (nSPS) is 11.6. The van der Waals surface area contributed by atoms with Crippen molar-refractivity contribution in [1.29, 1.82) is 0 Å². The Bertz CT molecular complexity index is 551. The lowest BCUT2D eigenvalue weighted by atomic mass is 10.2. The first-order chi connectivity index (χ1) is 9.45. The van der Waals surface area contributed by atoms with Gasteiger partial charge in [0.2, 0.25) is 0 Å². The number of hydrogen-bond donors (Lipinski definition) is 2. The molecule has 5 nitrogen and oxygen atoms in total. The average Bonchev–Trinajstić information content (AvgIpc) is 2.86. The molecule has 0 saturated carbocycles. The highest BCUT2D eigenvalue weighted by molar-refractivity contribution is 5.47. The minimum atomic E-state index is -4.43. The predicted molar refractivity (Wildman–Crippen MR) is 69.0 cm³/mol. The fourth-order valence-electron chi connectivity index (χ4n) is 1.70. The highest BCUT2D eigenvalue weighted by atomic mass is 19.4. The maximum Gasteiger partial charge on any atom is 0.416 e. The van der Waals surface area contributed by atoms with E-state index in [4.69, 9.17) is 5.73 Å². The van der Waals surface area contributed by atoms with E-state index in [-0.39, 0.29) is 11.6 Å². The molecular weight excluding hydrogens is 271 g/mol. The summed E-state index contributed by atoms with van der Waals surface area (Å²) in [6.45, 7) is 1.15. The van der Waals surface area contributed by atoms with Crippen molar-refractivity contribution >= 4 is 11.6 Å². The topological polar surface area (TPSA) is 68.8 Å². The van der Waals surface area contributed by atoms with Crippen molar-refractivity contribution in [1.82, 2.24) is 14.8 Å². The molecule has 0 aliphatic heterocycles. The highest BCUT2D eigenvalue weighted by Gasteiger charge is 2.31. The maximum atomic E-state index is 12.6. The molecule has 8 heteroatoms. The van der Waals surface area contributed by atoms with Gasteiger partial charge in [-0.25, -0.2) is 4.98 Å². The number of anilines is 2. The van der Waals surface area contributed by atoms with E-state index in [0.29, 0.717) is 19.5 Å². The minimum Gasteiger partial charge on any atom is -0.384 e. The van der Waals surface area contributed by atoms with Crippen LogP contribution in [0.4, 0.5) is 24.8 Å². The first-order valence-electron chi connectivity index (χ1n) is 6.01. The molecule has 2 rings (SSSR count). The van der Waals surface area contributed by atoms with Gasteiger partial charge in [-0.15, -0.1) is 0 Å². The van der Waals surface area contributed by atoms with E-state index in [1.165, 1.54) is 0 Å². The molecule has 0 aliphatic rings. The van der Waals surface area contributed by atoms with Crippen LogP contribution >= 0.6 is 0 Å². The number of pyridine rings is 1. The molecule has 0 unspecified atom stereocenters. The zero-order valence-electron chi connectivity index (χ0n) is 10.6. The molecule has 0 fully saturated rings. The lowest BCUT2D eigenvalue weighted by Crippen LogP contribution is -2.11. The Kier molecular flexibility index (Phi) is 4.11. The van der Waals surface area contributed by atoms with Crippen LogP contribution < -0.4 is 11.1 Å². The number of nitrogens with two attached hydrogens (primary N) is 1. The van der Waals surface area contributed by atoms with E-state index in [9.17, 15) is 13.2 Å². The third kappa shape index (κ3) is 3.87. The van der Waals surface area contributed by atoms with Gasteiger partial charge in [-0.1, -0.05) is 0 Å². The van der Waals surface area contributed by atoms with Crippen molar-refractivity contribution in [3.63, 3.8) is 0 Å². The SMILES string of the molecule is Nc1cc(C(F)(F)F)cc(NCCCn2cccn2)n1. The van der Waals surface area contributed by atoms with Gasteiger partial charge in [-0.2, -0.15) is 18.3 Å². The van der Waals surface area contributed by atoms with Crippen molar-refractivity contribution in [2.45, 2.75) is 19.1 Å². The van der Waals surface area contributed by atoms with Crippen LogP contribution in [0.1, 0.15) is 12.0 Å². The summed E-state index contributed by atoms with van der Waals surface area (Å²) in [6.07, 6.45) is -0.231. The van der Waals surface area contributed by atoms with E-state index >= 15 is 0 Å². The van der Waals surface area contributed by atoms with Crippen LogP contribution in [0.2, 0.25) is 0 Å². The summed E-state index contributed by atoms with van der Waals surface area (Å²) in [6, 6.07) is 3.57. The second kappa shape index (κ2) is 5.81. The summed E-state index contributed by atoms with van der Waals surface area (Å²) in [7, 11) is 0. The van der Waals surface area contributed by atoms with E-state index < -0.39 is 11.7 Å². The molecule has 0 radical (unpaired) electrons. The van der Waals surface area contributed by atoms with Crippen LogP contribution in [-0.2, 0) is 12.7 Å². The lowest BCUT2D eigenvalue weighted by molar-refractivity contribution is -0.137. The zero-order chi connectivity index (χ0) is 14.6. The summed E-state index contributed by atoms with van der Waals surface area (Å²) in [5, 5.41) is 6.85. The van der Waals surface area contributed by atoms with Gasteiger partial charge in [0.15, 0.2) is 0 Å². The van der Waals surface area contributed by atoms with Crippen molar-refractivity contribution in [2.24, 2.45) is 0 Å². The van der Waals surface area contributed by atoms with Gasteiger partial charge in [-0.05, 0) is 24.6 Å². The predicted octanol–water partition coefficient (Wildman–Crippen LogP) is 2.38. The molecule has 2 aromatic rings. The van der Waals surface area contributed by atoms with E-state index in [1.54, 1.807) is 10.9 Å². The molecule has 108 valence electrons. The number of rotatable bonds is 5. The van der Waals surface area contributed by atoms with Crippen molar-refractivity contribution in [3.8, 4) is 0 Å². The number of nitrogens with zero attached hydrogens (tertiary/aromatic N) is 3. The van der Waals surface area contributed by atoms with Gasteiger partial charge >= 0.3 is 6.18 Å². The Morgan fingerprint density at radius 2 is 2.10 bits per heavy atom. The number of halogens is 3. The molecule has 2 aromatic heterocycles. The van der Waals surface area contributed by atoms with Crippen molar-refractivity contribution < 1.29 is 13.2 Å². The summed E-state index contributed by atoms with van der Waals surface area (Å²) in [5.41, 5.74) is 4.57. The van der Waals surface area contributed by atoms with Crippen LogP contribution in [0.3, 0.4) is 0 Å². The fraction of sp³-hybridized carbons (Fsp3) is 0.333. The van der Waals surface area contributed by atoms with Gasteiger partial charge in [0.25, 0.3) is 0 Å². The number of aryl methyl sites for hydroxylation is 1. The lowest BCUT2D eigenvalue weighted by Gasteiger charge is -2.11. The van der Waals surface area contributed by atoms with Crippen molar-refractivity contribution in [3.05, 3.63) is 36.2 Å². The van der Waals surface area contributed by atoms with E-state index in [2.05, 4.69) is 15.4 Å². The number of nitrogens with one attached hydrogen (secondary N) is 1. The summed E-state index contributed by atoms with van der Waals surface area (Å²) < 4.78 is 39.5. The third-order valence-electron chi connectivity index (χ3n) is 2.60. The van der Waals surface area contributed by atoms with Gasteiger partial charge in [0.05, 0.1) is 5.56 Å². The molecule has 0 amide bonds. The fourth-order valence-corrected chi connectivity index (χ4v) is 1.70. The number of alkyl halides is 3. The second-order valence-electron chi connectivity index (χ2n) is 4.21. The standard InChI is InChI=1S/C12H14F3N5/c13-12(14,15)9-7-10(16)19-11(8-9)17-3-1-5-20-6-2-4-18-20/h2,4,6-8H,1,3,5H2,(H3,16,17,19). The maximum absolute atomic E-state index is 12.6. The molecule has 3 N–H and O–H groups in total. The number of aromatic nitrogens is 3. The first-order valence-corrected chi connectivity index (χ1v) is 6.01. The molecular formula is C12H14F3N5. The quantitative estimate of drug-likeness (QED) is 0.828. The van der Waals surface area contributed by atoms with Crippen LogP contribution in [0.5, 0.6) is 0 Å². The summed E-state index contributed by atoms with van der Waals surface area (Å²) in [4.78, 5) is 3.83. The van der Waals surface area contributed by atoms with E-state index in [0.717, 1.165) is 12.1 Å². The molecule has 0 spiro atoms. The van der Waals surface area contributed by atoms with Gasteiger partial charge in [0, 0.05) is 25.5 Å². The largest absolute Gasteiger partial charge is 0.416 e. The molecule has 20 heavy (non-hydrogen) atoms. The summed E-state index contributed by atoms with van der Waals surface area (Å²) in [5.74, 6) is -0.0350. The van der Waals surface area contributed by atoms with Crippen LogP contribution in [0.25, 0.3) is 0 Å². The number of nitrogen functional groups attached to an aromatic ring is 1. The molecule has 0 aromatic carbocycles. The highest BCUT2D eigenvalue weighted by Crippen LogP contribution is 2.31. The second-order valence-corrected chi connectivity index (χ2v) is 4.21. The smallest absolute Gasteiger partial charge is 0.384 e. The van der Waals surface area contributed by atoms with Crippen LogP contribution in [0, 0.1) is 0 Å². The molecule has 0 bridgehead atoms. The Balaban J connectivity index is 1.91. The monoisotopic (exact) mass is 285 g/mol. The zero-order valence-corrected chi connectivity index (χ0v) is 10.6. The van der Waals surface area contributed by atoms with Crippen LogP contribution in [0.15, 0.2) is 30.6 Å². The van der Waals surface area contributed by atoms with E-state index in [1.807, 2.05) is 12.3 Å². The molecule has 0 saturated heterocycles. The Morgan fingerprint density at radius 3 is 2.75 bits per heavy atom. The Morgan fingerprint density at radius 1 is 1.30 bits per heavy atom. The molecule has 2 heterocycles. The Hall–Kier alpha value is -2.25. The van der Waals surface area contributed by atoms with Gasteiger partial charge in [0.1, 0.15) is 11.6 Å². The first kappa shape index (κ1) is 14.2. The Labute approximate surface area is 113 Å². The minimum absolute atomic E-state index is 0.123. The number of hydrogen-bond acceptors (Lipinski definition) is 4. The van der Waals surface area contributed by atoms with Gasteiger partial charge in [-0.3, -0.25) is 4.68 Å².